The summed E-state index contributed by atoms with van der Waals surface area (Å²) >= 11 is 0. The Morgan fingerprint density at radius 3 is 1.32 bits per heavy atom. The van der Waals surface area contributed by atoms with Crippen LogP contribution >= 0.6 is 0 Å². The zero-order valence-electron chi connectivity index (χ0n) is 34.1. The van der Waals surface area contributed by atoms with Crippen LogP contribution in [-0.2, 0) is 5.41 Å². The van der Waals surface area contributed by atoms with E-state index >= 15 is 0 Å². The van der Waals surface area contributed by atoms with Gasteiger partial charge in [-0.25, -0.2) is 19.9 Å². The fraction of sp³-hybridized carbons (Fsp3) is 0.0169. The summed E-state index contributed by atoms with van der Waals surface area (Å²) in [6, 6.07) is 78.1. The molecule has 2 aromatic heterocycles. The number of aromatic nitrogens is 4. The van der Waals surface area contributed by atoms with Crippen LogP contribution < -0.4 is 0 Å². The van der Waals surface area contributed by atoms with Crippen molar-refractivity contribution in [2.24, 2.45) is 0 Å². The molecule has 0 atom stereocenters. The van der Waals surface area contributed by atoms with Gasteiger partial charge >= 0.3 is 0 Å². The number of para-hydroxylation sites is 1. The predicted molar refractivity (Wildman–Crippen MR) is 256 cm³/mol. The molecule has 4 heteroatoms. The van der Waals surface area contributed by atoms with E-state index in [1.807, 2.05) is 36.4 Å². The third-order valence-corrected chi connectivity index (χ3v) is 13.1. The molecule has 2 heterocycles. The predicted octanol–water partition coefficient (Wildman–Crippen LogP) is 14.3. The van der Waals surface area contributed by atoms with Crippen LogP contribution in [0.4, 0.5) is 0 Å². The molecule has 2 aliphatic carbocycles. The van der Waals surface area contributed by atoms with Gasteiger partial charge in [0, 0.05) is 33.0 Å². The lowest BCUT2D eigenvalue weighted by atomic mass is 9.70. The average Bonchev–Trinajstić information content (AvgIpc) is 3.83. The van der Waals surface area contributed by atoms with Crippen molar-refractivity contribution in [3.63, 3.8) is 0 Å². The van der Waals surface area contributed by atoms with E-state index in [1.54, 1.807) is 0 Å². The molecule has 0 amide bonds. The first kappa shape index (κ1) is 35.4. The lowest BCUT2D eigenvalue weighted by Gasteiger charge is -2.30. The van der Waals surface area contributed by atoms with Crippen LogP contribution in [0, 0.1) is 0 Å². The summed E-state index contributed by atoms with van der Waals surface area (Å²) in [6.45, 7) is 0. The van der Waals surface area contributed by atoms with E-state index in [4.69, 9.17) is 19.9 Å². The first-order valence-electron chi connectivity index (χ1n) is 21.5. The van der Waals surface area contributed by atoms with E-state index < -0.39 is 5.41 Å². The second-order valence-corrected chi connectivity index (χ2v) is 16.5. The third-order valence-electron chi connectivity index (χ3n) is 13.1. The summed E-state index contributed by atoms with van der Waals surface area (Å²) in [6.07, 6.45) is 0. The highest BCUT2D eigenvalue weighted by Crippen LogP contribution is 2.63. The Morgan fingerprint density at radius 1 is 0.254 bits per heavy atom. The first-order valence-corrected chi connectivity index (χ1v) is 21.5. The van der Waals surface area contributed by atoms with E-state index in [1.165, 1.54) is 49.9 Å². The SMILES string of the molecule is c1ccc(-c2nc(-c3ccccc3)nc(-c3cc(-c4ccc5c(c4)-c4ccccc4C54c5ccccc5-c5ccccc54)cc(-c4nc5ccccc5c5ccccc45)c3)n2)cc1. The van der Waals surface area contributed by atoms with Crippen molar-refractivity contribution in [1.29, 1.82) is 0 Å². The Labute approximate surface area is 364 Å². The van der Waals surface area contributed by atoms with Crippen molar-refractivity contribution in [2.75, 3.05) is 0 Å². The average molecular weight is 801 g/mol. The molecular formula is C59H36N4. The molecule has 1 spiro atoms. The molecule has 0 saturated carbocycles. The maximum atomic E-state index is 5.40. The molecule has 0 bridgehead atoms. The Morgan fingerprint density at radius 2 is 0.698 bits per heavy atom. The van der Waals surface area contributed by atoms with E-state index in [9.17, 15) is 0 Å². The van der Waals surface area contributed by atoms with Crippen LogP contribution in [0.25, 0.3) is 100 Å². The molecule has 2 aliphatic rings. The molecule has 63 heavy (non-hydrogen) atoms. The molecule has 0 saturated heterocycles. The van der Waals surface area contributed by atoms with Crippen molar-refractivity contribution >= 4 is 21.7 Å². The number of fused-ring (bicyclic) bond motifs is 13. The number of benzene rings is 9. The molecule has 0 radical (unpaired) electrons. The Hall–Kier alpha value is -8.34. The molecule has 0 aliphatic heterocycles. The van der Waals surface area contributed by atoms with Gasteiger partial charge in [0.15, 0.2) is 17.5 Å². The summed E-state index contributed by atoms with van der Waals surface area (Å²) in [7, 11) is 0. The summed E-state index contributed by atoms with van der Waals surface area (Å²) in [5, 5.41) is 3.39. The van der Waals surface area contributed by atoms with Gasteiger partial charge in [-0.15, -0.1) is 0 Å². The summed E-state index contributed by atoms with van der Waals surface area (Å²) in [4.78, 5) is 20.9. The third kappa shape index (κ3) is 5.35. The second kappa shape index (κ2) is 13.8. The van der Waals surface area contributed by atoms with Crippen LogP contribution in [0.3, 0.4) is 0 Å². The van der Waals surface area contributed by atoms with Gasteiger partial charge in [-0.1, -0.05) is 188 Å². The number of hydrogen-bond donors (Lipinski definition) is 0. The van der Waals surface area contributed by atoms with E-state index in [0.717, 1.165) is 55.4 Å². The van der Waals surface area contributed by atoms with Crippen LogP contribution in [0.2, 0.25) is 0 Å². The zero-order chi connectivity index (χ0) is 41.5. The van der Waals surface area contributed by atoms with Crippen molar-refractivity contribution in [1.82, 2.24) is 19.9 Å². The standard InChI is InChI=1S/C59H36N4/c1-3-17-37(18-4-1)56-61-57(38-19-5-2-6-20-38)63-58(62-56)42-34-40(33-41(35-42)55-48-26-8-7-21-43(48)47-25-12-16-30-54(47)60-55)39-31-32-53-49(36-39)46-24-11-15-29-52(46)59(53)50-27-13-9-22-44(50)45-23-10-14-28-51(45)59/h1-36H. The number of nitrogens with zero attached hydrogens (tertiary/aromatic N) is 4. The highest BCUT2D eigenvalue weighted by Gasteiger charge is 2.51. The van der Waals surface area contributed by atoms with Crippen LogP contribution in [-0.4, -0.2) is 19.9 Å². The topological polar surface area (TPSA) is 51.6 Å². The largest absolute Gasteiger partial charge is 0.247 e. The summed E-state index contributed by atoms with van der Waals surface area (Å²) in [5.74, 6) is 1.84. The summed E-state index contributed by atoms with van der Waals surface area (Å²) < 4.78 is 0. The van der Waals surface area contributed by atoms with Crippen molar-refractivity contribution in [3.05, 3.63) is 241 Å². The zero-order valence-corrected chi connectivity index (χ0v) is 34.1. The first-order chi connectivity index (χ1) is 31.2. The van der Waals surface area contributed by atoms with Gasteiger partial charge in [0.05, 0.1) is 16.6 Å². The molecular weight excluding hydrogens is 765 g/mol. The fourth-order valence-corrected chi connectivity index (χ4v) is 10.4. The molecule has 0 N–H and O–H groups in total. The monoisotopic (exact) mass is 800 g/mol. The molecule has 0 fully saturated rings. The molecule has 0 unspecified atom stereocenters. The molecule has 292 valence electrons. The van der Waals surface area contributed by atoms with Gasteiger partial charge in [-0.2, -0.15) is 0 Å². The van der Waals surface area contributed by atoms with Crippen LogP contribution in [0.1, 0.15) is 22.3 Å². The maximum Gasteiger partial charge on any atom is 0.164 e. The Kier molecular flexibility index (Phi) is 7.79. The Balaban J connectivity index is 1.07. The van der Waals surface area contributed by atoms with Crippen molar-refractivity contribution < 1.29 is 0 Å². The van der Waals surface area contributed by atoms with Crippen molar-refractivity contribution in [3.8, 4) is 78.8 Å². The van der Waals surface area contributed by atoms with Gasteiger partial charge in [0.1, 0.15) is 0 Å². The van der Waals surface area contributed by atoms with Crippen LogP contribution in [0.5, 0.6) is 0 Å². The van der Waals surface area contributed by atoms with E-state index in [0.29, 0.717) is 17.5 Å². The van der Waals surface area contributed by atoms with E-state index in [-0.39, 0.29) is 0 Å². The minimum atomic E-state index is -0.412. The Bertz CT molecular complexity index is 3530. The highest BCUT2D eigenvalue weighted by atomic mass is 15.0. The quantitative estimate of drug-likeness (QED) is 0.163. The molecule has 13 rings (SSSR count). The van der Waals surface area contributed by atoms with Crippen LogP contribution in [0.15, 0.2) is 218 Å². The van der Waals surface area contributed by atoms with Gasteiger partial charge in [0.25, 0.3) is 0 Å². The highest BCUT2D eigenvalue weighted by molar-refractivity contribution is 6.11. The minimum absolute atomic E-state index is 0.412. The van der Waals surface area contributed by atoms with Crippen molar-refractivity contribution in [2.45, 2.75) is 5.41 Å². The molecule has 9 aromatic carbocycles. The minimum Gasteiger partial charge on any atom is -0.247 e. The second-order valence-electron chi connectivity index (χ2n) is 16.5. The number of hydrogen-bond acceptors (Lipinski definition) is 4. The fourth-order valence-electron chi connectivity index (χ4n) is 10.4. The van der Waals surface area contributed by atoms with E-state index in [2.05, 4.69) is 182 Å². The molecule has 4 nitrogen and oxygen atoms in total. The maximum absolute atomic E-state index is 5.40. The lowest BCUT2D eigenvalue weighted by molar-refractivity contribution is 0.794. The number of rotatable bonds is 5. The van der Waals surface area contributed by atoms with Gasteiger partial charge in [-0.3, -0.25) is 0 Å². The lowest BCUT2D eigenvalue weighted by Crippen LogP contribution is -2.25. The number of pyridine rings is 1. The smallest absolute Gasteiger partial charge is 0.164 e. The normalized spacial score (nSPS) is 12.9. The molecule has 11 aromatic rings. The summed E-state index contributed by atoms with van der Waals surface area (Å²) in [5.41, 5.74) is 17.7. The van der Waals surface area contributed by atoms with Gasteiger partial charge in [0.2, 0.25) is 0 Å². The van der Waals surface area contributed by atoms with Gasteiger partial charge in [-0.05, 0) is 91.4 Å². The van der Waals surface area contributed by atoms with Gasteiger partial charge < -0.3 is 0 Å².